The Morgan fingerprint density at radius 2 is 2.12 bits per heavy atom. The molecule has 2 aromatic heterocycles. The molecule has 1 aliphatic heterocycles. The summed E-state index contributed by atoms with van der Waals surface area (Å²) in [6, 6.07) is 14.0. The third-order valence-electron chi connectivity index (χ3n) is 5.52. The number of H-pyrrole nitrogens is 1. The van der Waals surface area contributed by atoms with E-state index in [1.165, 1.54) is 23.4 Å². The smallest absolute Gasteiger partial charge is 0.273 e. The number of ether oxygens (including phenoxy) is 2. The number of hydrogen-bond donors (Lipinski definition) is 2. The highest BCUT2D eigenvalue weighted by atomic mass is 16.6. The second-order valence-corrected chi connectivity index (χ2v) is 7.65. The number of anilines is 3. The number of nitrogens with zero attached hydrogens (tertiary/aromatic N) is 4. The lowest BCUT2D eigenvalue weighted by atomic mass is 10.1. The number of rotatable bonds is 8. The molecule has 1 aliphatic rings. The maximum atomic E-state index is 11.1. The van der Waals surface area contributed by atoms with Crippen LogP contribution in [0.1, 0.15) is 5.56 Å². The highest BCUT2D eigenvalue weighted by Gasteiger charge is 2.19. The molecule has 0 saturated carbocycles. The molecular formula is C23H22N6O4. The van der Waals surface area contributed by atoms with Gasteiger partial charge in [0, 0.05) is 43.8 Å². The third-order valence-corrected chi connectivity index (χ3v) is 5.52. The first-order chi connectivity index (χ1) is 16.1. The molecule has 168 valence electrons. The number of nitro benzene ring substituents is 1. The monoisotopic (exact) mass is 446 g/mol. The number of methoxy groups -OCH3 is 1. The summed E-state index contributed by atoms with van der Waals surface area (Å²) in [5.41, 5.74) is 3.88. The van der Waals surface area contributed by atoms with E-state index in [-0.39, 0.29) is 5.69 Å². The number of aromatic amines is 1. The van der Waals surface area contributed by atoms with Crippen molar-refractivity contribution in [1.29, 1.82) is 0 Å². The summed E-state index contributed by atoms with van der Waals surface area (Å²) in [6.45, 7) is 2.52. The van der Waals surface area contributed by atoms with Crippen molar-refractivity contribution >= 4 is 34.0 Å². The van der Waals surface area contributed by atoms with Crippen LogP contribution in [0.3, 0.4) is 0 Å². The highest BCUT2D eigenvalue weighted by Crippen LogP contribution is 2.33. The van der Waals surface area contributed by atoms with Gasteiger partial charge in [-0.05, 0) is 42.3 Å². The van der Waals surface area contributed by atoms with Gasteiger partial charge in [-0.3, -0.25) is 10.1 Å². The second kappa shape index (κ2) is 8.75. The topological polar surface area (TPSA) is 118 Å². The van der Waals surface area contributed by atoms with Crippen LogP contribution in [0.25, 0.3) is 11.0 Å². The van der Waals surface area contributed by atoms with Gasteiger partial charge in [0.2, 0.25) is 11.8 Å². The number of aromatic nitrogens is 3. The van der Waals surface area contributed by atoms with Gasteiger partial charge < -0.3 is 24.7 Å². The van der Waals surface area contributed by atoms with E-state index in [2.05, 4.69) is 37.3 Å². The lowest BCUT2D eigenvalue weighted by molar-refractivity contribution is -0.384. The van der Waals surface area contributed by atoms with Crippen molar-refractivity contribution in [3.63, 3.8) is 0 Å². The quantitative estimate of drug-likeness (QED) is 0.302. The molecule has 0 saturated heterocycles. The zero-order valence-corrected chi connectivity index (χ0v) is 17.9. The molecule has 0 aliphatic carbocycles. The largest absolute Gasteiger partial charge is 0.438 e. The summed E-state index contributed by atoms with van der Waals surface area (Å²) in [4.78, 5) is 25.1. The number of non-ortho nitro benzene ring substituents is 1. The molecule has 10 heteroatoms. The maximum absolute atomic E-state index is 11.1. The Labute approximate surface area is 189 Å². The van der Waals surface area contributed by atoms with E-state index >= 15 is 0 Å². The zero-order valence-electron chi connectivity index (χ0n) is 17.9. The van der Waals surface area contributed by atoms with Gasteiger partial charge in [-0.1, -0.05) is 6.07 Å². The van der Waals surface area contributed by atoms with Crippen molar-refractivity contribution in [3.8, 4) is 11.6 Å². The van der Waals surface area contributed by atoms with E-state index < -0.39 is 4.92 Å². The molecule has 10 nitrogen and oxygen atoms in total. The lowest BCUT2D eigenvalue weighted by Gasteiger charge is -2.19. The summed E-state index contributed by atoms with van der Waals surface area (Å²) in [6.07, 6.45) is 2.71. The average Bonchev–Trinajstić information content (AvgIpc) is 3.44. The molecule has 0 unspecified atom stereocenters. The highest BCUT2D eigenvalue weighted by molar-refractivity contribution is 5.83. The molecule has 33 heavy (non-hydrogen) atoms. The van der Waals surface area contributed by atoms with Crippen molar-refractivity contribution in [2.45, 2.75) is 6.42 Å². The van der Waals surface area contributed by atoms with Gasteiger partial charge in [0.05, 0.1) is 23.0 Å². The van der Waals surface area contributed by atoms with Crippen molar-refractivity contribution in [2.24, 2.45) is 0 Å². The standard InChI is InChI=1S/C23H22N6O4/c1-32-12-11-28-10-8-15-13-16(5-6-20(15)28)25-23-26-21-19(7-9-24-21)22(27-23)33-18-4-2-3-17(14-18)29(30)31/h2-7,9,13-14H,8,10-12H2,1H3,(H2,24,25,26,27). The minimum Gasteiger partial charge on any atom is -0.438 e. The first kappa shape index (κ1) is 20.7. The molecule has 2 N–H and O–H groups in total. The summed E-state index contributed by atoms with van der Waals surface area (Å²) >= 11 is 0. The van der Waals surface area contributed by atoms with E-state index in [0.717, 1.165) is 25.2 Å². The SMILES string of the molecule is COCCN1CCc2cc(Nc3nc(Oc4cccc([N+](=O)[O-])c4)c4cc[nH]c4n3)ccc21. The molecule has 0 radical (unpaired) electrons. The molecule has 0 atom stereocenters. The summed E-state index contributed by atoms with van der Waals surface area (Å²) in [5.74, 6) is 0.987. The molecule has 5 rings (SSSR count). The Kier molecular flexibility index (Phi) is 5.49. The minimum atomic E-state index is -0.462. The molecule has 0 spiro atoms. The van der Waals surface area contributed by atoms with Crippen LogP contribution < -0.4 is 15.0 Å². The molecule has 0 fully saturated rings. The summed E-state index contributed by atoms with van der Waals surface area (Å²) < 4.78 is 11.1. The first-order valence-corrected chi connectivity index (χ1v) is 10.5. The van der Waals surface area contributed by atoms with E-state index in [1.807, 2.05) is 6.07 Å². The Morgan fingerprint density at radius 3 is 2.97 bits per heavy atom. The third kappa shape index (κ3) is 4.28. The normalized spacial score (nSPS) is 12.7. The molecule has 3 heterocycles. The van der Waals surface area contributed by atoms with Crippen LogP contribution in [-0.2, 0) is 11.2 Å². The zero-order chi connectivity index (χ0) is 22.8. The van der Waals surface area contributed by atoms with Crippen LogP contribution in [0.2, 0.25) is 0 Å². The minimum absolute atomic E-state index is 0.0529. The number of hydrogen-bond acceptors (Lipinski definition) is 8. The molecule has 0 amide bonds. The summed E-state index contributed by atoms with van der Waals surface area (Å²) in [7, 11) is 1.71. The van der Waals surface area contributed by atoms with Crippen LogP contribution >= 0.6 is 0 Å². The van der Waals surface area contributed by atoms with Gasteiger partial charge in [-0.25, -0.2) is 0 Å². The van der Waals surface area contributed by atoms with E-state index in [1.54, 1.807) is 31.5 Å². The Morgan fingerprint density at radius 1 is 1.21 bits per heavy atom. The van der Waals surface area contributed by atoms with Crippen LogP contribution in [-0.4, -0.2) is 46.7 Å². The number of nitrogens with one attached hydrogen (secondary N) is 2. The molecule has 2 aromatic carbocycles. The number of benzene rings is 2. The Balaban J connectivity index is 1.41. The van der Waals surface area contributed by atoms with Crippen LogP contribution in [0.4, 0.5) is 23.0 Å². The predicted octanol–water partition coefficient (Wildman–Crippen LogP) is 4.41. The average molecular weight is 446 g/mol. The van der Waals surface area contributed by atoms with Gasteiger partial charge in [-0.15, -0.1) is 0 Å². The van der Waals surface area contributed by atoms with Crippen LogP contribution in [0.5, 0.6) is 11.6 Å². The van der Waals surface area contributed by atoms with Gasteiger partial charge in [0.1, 0.15) is 11.4 Å². The predicted molar refractivity (Wildman–Crippen MR) is 125 cm³/mol. The second-order valence-electron chi connectivity index (χ2n) is 7.65. The van der Waals surface area contributed by atoms with E-state index in [0.29, 0.717) is 35.2 Å². The Bertz CT molecular complexity index is 1320. The van der Waals surface area contributed by atoms with Crippen molar-refractivity contribution in [3.05, 3.63) is 70.4 Å². The van der Waals surface area contributed by atoms with Gasteiger partial charge in [0.15, 0.2) is 0 Å². The van der Waals surface area contributed by atoms with Crippen molar-refractivity contribution in [2.75, 3.05) is 37.0 Å². The fourth-order valence-corrected chi connectivity index (χ4v) is 3.93. The van der Waals surface area contributed by atoms with Crippen molar-refractivity contribution in [1.82, 2.24) is 15.0 Å². The number of fused-ring (bicyclic) bond motifs is 2. The molecule has 0 bridgehead atoms. The van der Waals surface area contributed by atoms with Crippen LogP contribution in [0.15, 0.2) is 54.7 Å². The number of nitro groups is 1. The molecular weight excluding hydrogens is 424 g/mol. The first-order valence-electron chi connectivity index (χ1n) is 10.5. The lowest BCUT2D eigenvalue weighted by Crippen LogP contribution is -2.24. The van der Waals surface area contributed by atoms with Crippen molar-refractivity contribution < 1.29 is 14.4 Å². The Hall–Kier alpha value is -4.18. The van der Waals surface area contributed by atoms with E-state index in [4.69, 9.17) is 9.47 Å². The van der Waals surface area contributed by atoms with Gasteiger partial charge in [0.25, 0.3) is 5.69 Å². The fourth-order valence-electron chi connectivity index (χ4n) is 3.93. The molecule has 4 aromatic rings. The fraction of sp³-hybridized carbons (Fsp3) is 0.217. The summed E-state index contributed by atoms with van der Waals surface area (Å²) in [5, 5.41) is 15.0. The van der Waals surface area contributed by atoms with Gasteiger partial charge in [-0.2, -0.15) is 9.97 Å². The maximum Gasteiger partial charge on any atom is 0.273 e. The van der Waals surface area contributed by atoms with E-state index in [9.17, 15) is 10.1 Å². The van der Waals surface area contributed by atoms with Crippen LogP contribution in [0, 0.1) is 10.1 Å². The van der Waals surface area contributed by atoms with Gasteiger partial charge >= 0.3 is 0 Å².